The smallest absolute Gasteiger partial charge is 0.410 e. The molecule has 4 rings (SSSR count). The highest BCUT2D eigenvalue weighted by molar-refractivity contribution is 5.79. The zero-order chi connectivity index (χ0) is 34.4. The predicted octanol–water partition coefficient (Wildman–Crippen LogP) is 6.34. The van der Waals surface area contributed by atoms with Gasteiger partial charge in [-0.3, -0.25) is 4.79 Å². The van der Waals surface area contributed by atoms with Crippen LogP contribution in [-0.4, -0.2) is 67.5 Å². The van der Waals surface area contributed by atoms with Gasteiger partial charge >= 0.3 is 12.1 Å². The quantitative estimate of drug-likeness (QED) is 0.166. The van der Waals surface area contributed by atoms with E-state index in [0.29, 0.717) is 56.1 Å². The number of carbonyl (C=O) groups excluding carboxylic acids is 2. The lowest BCUT2D eigenvalue weighted by Crippen LogP contribution is -2.46. The number of pyridine rings is 1. The normalized spacial score (nSPS) is 19.9. The SMILES string of the molecule is C=C/C=C\C(=C(/C)OCc1ccc2c(c1C#N)CCN(C(=O)OC(C)(C)C)C2)c1cccc(N2CC[C@@](C)(C(=O)OC)C2COC)n1. The molecule has 2 aliphatic rings. The van der Waals surface area contributed by atoms with E-state index in [1.165, 1.54) is 7.11 Å². The van der Waals surface area contributed by atoms with Crippen molar-refractivity contribution in [1.82, 2.24) is 9.88 Å². The molecule has 0 N–H and O–H groups in total. The summed E-state index contributed by atoms with van der Waals surface area (Å²) in [6.45, 7) is 15.2. The number of rotatable bonds is 10. The van der Waals surface area contributed by atoms with Gasteiger partial charge < -0.3 is 28.7 Å². The van der Waals surface area contributed by atoms with Crippen molar-refractivity contribution in [3.63, 3.8) is 0 Å². The molecule has 0 spiro atoms. The van der Waals surface area contributed by atoms with Gasteiger partial charge in [0.15, 0.2) is 0 Å². The van der Waals surface area contributed by atoms with Crippen molar-refractivity contribution >= 4 is 23.5 Å². The van der Waals surface area contributed by atoms with Crippen LogP contribution in [0, 0.1) is 16.7 Å². The molecule has 250 valence electrons. The summed E-state index contributed by atoms with van der Waals surface area (Å²) in [5.74, 6) is 1.08. The highest BCUT2D eigenvalue weighted by Crippen LogP contribution is 2.40. The first-order valence-electron chi connectivity index (χ1n) is 15.8. The van der Waals surface area contributed by atoms with Gasteiger partial charge in [0.1, 0.15) is 23.8 Å². The number of amides is 1. The Kier molecular flexibility index (Phi) is 11.1. The minimum Gasteiger partial charge on any atom is -0.493 e. The summed E-state index contributed by atoms with van der Waals surface area (Å²) in [5.41, 5.74) is 3.35. The Morgan fingerprint density at radius 2 is 1.96 bits per heavy atom. The van der Waals surface area contributed by atoms with Crippen LogP contribution in [0.5, 0.6) is 0 Å². The number of hydrogen-bond donors (Lipinski definition) is 0. The van der Waals surface area contributed by atoms with Crippen molar-refractivity contribution in [2.45, 2.75) is 72.3 Å². The second-order valence-corrected chi connectivity index (χ2v) is 13.1. The van der Waals surface area contributed by atoms with E-state index >= 15 is 0 Å². The molecule has 1 aromatic carbocycles. The predicted molar refractivity (Wildman–Crippen MR) is 180 cm³/mol. The standard InChI is InChI=1S/C37H46N4O6/c1-9-10-12-28(31-13-11-14-33(39-31)41-20-18-37(6,34(42)45-8)32(41)24-44-7)25(2)46-23-27-16-15-26-22-40(35(43)47-36(3,4)5)19-17-29(26)30(27)21-38/h9-16,32H,1,17-20,22-24H2,2-8H3/b12-10-,28-25-/t32?,37-/m1/s1. The molecule has 0 radical (unpaired) electrons. The van der Waals surface area contributed by atoms with E-state index in [-0.39, 0.29) is 24.7 Å². The van der Waals surface area contributed by atoms with E-state index in [9.17, 15) is 14.9 Å². The summed E-state index contributed by atoms with van der Waals surface area (Å²) in [6, 6.07) is 11.8. The van der Waals surface area contributed by atoms with Gasteiger partial charge in [0, 0.05) is 37.9 Å². The third-order valence-corrected chi connectivity index (χ3v) is 8.74. The molecule has 0 saturated carbocycles. The van der Waals surface area contributed by atoms with Crippen LogP contribution in [0.4, 0.5) is 10.6 Å². The maximum Gasteiger partial charge on any atom is 0.410 e. The Morgan fingerprint density at radius 1 is 1.19 bits per heavy atom. The Bertz CT molecular complexity index is 1600. The fraction of sp³-hybridized carbons (Fsp3) is 0.459. The van der Waals surface area contributed by atoms with Crippen LogP contribution < -0.4 is 4.90 Å². The van der Waals surface area contributed by atoms with E-state index in [2.05, 4.69) is 17.5 Å². The van der Waals surface area contributed by atoms with Gasteiger partial charge in [0.2, 0.25) is 0 Å². The number of ether oxygens (including phenoxy) is 4. The van der Waals surface area contributed by atoms with Crippen molar-refractivity contribution in [3.05, 3.63) is 88.8 Å². The second-order valence-electron chi connectivity index (χ2n) is 13.1. The van der Waals surface area contributed by atoms with Gasteiger partial charge in [-0.1, -0.05) is 36.9 Å². The summed E-state index contributed by atoms with van der Waals surface area (Å²) in [4.78, 5) is 34.2. The van der Waals surface area contributed by atoms with Crippen molar-refractivity contribution in [3.8, 4) is 6.07 Å². The monoisotopic (exact) mass is 642 g/mol. The molecule has 47 heavy (non-hydrogen) atoms. The largest absolute Gasteiger partial charge is 0.493 e. The van der Waals surface area contributed by atoms with E-state index in [1.807, 2.05) is 77.1 Å². The van der Waals surface area contributed by atoms with Crippen LogP contribution >= 0.6 is 0 Å². The van der Waals surface area contributed by atoms with Gasteiger partial charge in [-0.15, -0.1) is 0 Å². The highest BCUT2D eigenvalue weighted by atomic mass is 16.6. The maximum atomic E-state index is 12.8. The molecule has 1 unspecified atom stereocenters. The third kappa shape index (κ3) is 7.86. The summed E-state index contributed by atoms with van der Waals surface area (Å²) in [6.07, 6.45) is 6.22. The van der Waals surface area contributed by atoms with Gasteiger partial charge in [-0.2, -0.15) is 5.26 Å². The molecule has 0 aliphatic carbocycles. The molecular weight excluding hydrogens is 596 g/mol. The van der Waals surface area contributed by atoms with E-state index < -0.39 is 11.0 Å². The van der Waals surface area contributed by atoms with Crippen molar-refractivity contribution in [1.29, 1.82) is 5.26 Å². The Hall–Kier alpha value is -4.62. The van der Waals surface area contributed by atoms with E-state index in [0.717, 1.165) is 28.1 Å². The van der Waals surface area contributed by atoms with Crippen molar-refractivity contribution < 1.29 is 28.5 Å². The lowest BCUT2D eigenvalue weighted by Gasteiger charge is -2.33. The molecule has 2 atom stereocenters. The number of esters is 1. The van der Waals surface area contributed by atoms with Gasteiger partial charge in [-0.25, -0.2) is 9.78 Å². The summed E-state index contributed by atoms with van der Waals surface area (Å²) in [5, 5.41) is 10.2. The fourth-order valence-corrected chi connectivity index (χ4v) is 6.19. The number of methoxy groups -OCH3 is 2. The average Bonchev–Trinajstić information content (AvgIpc) is 3.39. The van der Waals surface area contributed by atoms with Crippen molar-refractivity contribution in [2.75, 3.05) is 38.8 Å². The molecule has 1 amide bonds. The summed E-state index contributed by atoms with van der Waals surface area (Å²) >= 11 is 0. The van der Waals surface area contributed by atoms with Crippen LogP contribution in [0.15, 0.2) is 60.9 Å². The highest BCUT2D eigenvalue weighted by Gasteiger charge is 2.50. The minimum absolute atomic E-state index is 0.183. The number of allylic oxidation sites excluding steroid dienone is 5. The lowest BCUT2D eigenvalue weighted by atomic mass is 9.82. The molecule has 2 aliphatic heterocycles. The van der Waals surface area contributed by atoms with Crippen LogP contribution in [0.3, 0.4) is 0 Å². The molecule has 1 fully saturated rings. The summed E-state index contributed by atoms with van der Waals surface area (Å²) in [7, 11) is 3.04. The number of benzene rings is 1. The van der Waals surface area contributed by atoms with Gasteiger partial charge in [0.05, 0.1) is 42.5 Å². The number of aromatic nitrogens is 1. The Labute approximate surface area is 278 Å². The molecular formula is C37H46N4O6. The first kappa shape index (κ1) is 35.2. The van der Waals surface area contributed by atoms with E-state index in [1.54, 1.807) is 18.1 Å². The number of anilines is 1. The van der Waals surface area contributed by atoms with Crippen LogP contribution in [0.2, 0.25) is 0 Å². The molecule has 2 aromatic rings. The lowest BCUT2D eigenvalue weighted by molar-refractivity contribution is -0.152. The first-order chi connectivity index (χ1) is 22.4. The van der Waals surface area contributed by atoms with Crippen LogP contribution in [-0.2, 0) is 43.3 Å². The topological polar surface area (TPSA) is 114 Å². The number of carbonyl (C=O) groups is 2. The molecule has 1 saturated heterocycles. The fourth-order valence-electron chi connectivity index (χ4n) is 6.19. The molecule has 10 nitrogen and oxygen atoms in total. The molecule has 3 heterocycles. The van der Waals surface area contributed by atoms with Crippen molar-refractivity contribution in [2.24, 2.45) is 5.41 Å². The zero-order valence-electron chi connectivity index (χ0n) is 28.6. The van der Waals surface area contributed by atoms with Gasteiger partial charge in [-0.05, 0) is 76.8 Å². The first-order valence-corrected chi connectivity index (χ1v) is 15.8. The Morgan fingerprint density at radius 3 is 2.62 bits per heavy atom. The molecule has 10 heteroatoms. The number of fused-ring (bicyclic) bond motifs is 1. The number of nitrogens with zero attached hydrogens (tertiary/aromatic N) is 4. The maximum absolute atomic E-state index is 12.8. The summed E-state index contributed by atoms with van der Waals surface area (Å²) < 4.78 is 22.5. The second kappa shape index (κ2) is 14.9. The molecule has 0 bridgehead atoms. The third-order valence-electron chi connectivity index (χ3n) is 8.74. The average molecular weight is 643 g/mol. The zero-order valence-corrected chi connectivity index (χ0v) is 28.6. The van der Waals surface area contributed by atoms with Crippen LogP contribution in [0.25, 0.3) is 5.57 Å². The number of hydrogen-bond acceptors (Lipinski definition) is 9. The minimum atomic E-state index is -0.732. The van der Waals surface area contributed by atoms with E-state index in [4.69, 9.17) is 23.9 Å². The Balaban J connectivity index is 1.59. The molecule has 1 aromatic heterocycles. The van der Waals surface area contributed by atoms with Gasteiger partial charge in [0.25, 0.3) is 0 Å². The van der Waals surface area contributed by atoms with Crippen LogP contribution in [0.1, 0.15) is 69.0 Å². The number of nitriles is 1.